The lowest BCUT2D eigenvalue weighted by Crippen LogP contribution is -2.58. The molecule has 4 nitrogen and oxygen atoms in total. The lowest BCUT2D eigenvalue weighted by molar-refractivity contribution is 1.07. The normalized spacial score (nSPS) is 12.8. The van der Waals surface area contributed by atoms with E-state index in [1.54, 1.807) is 0 Å². The lowest BCUT2D eigenvalue weighted by atomic mass is 9.90. The molecule has 0 unspecified atom stereocenters. The third-order valence-corrected chi connectivity index (χ3v) is 14.9. The maximum atomic E-state index is 5.34. The highest BCUT2D eigenvalue weighted by Gasteiger charge is 2.39. The Hall–Kier alpha value is -7.21. The molecule has 9 aromatic rings. The molecule has 0 saturated carbocycles. The minimum absolute atomic E-state index is 0.613. The zero-order chi connectivity index (χ0) is 39.1. The average Bonchev–Trinajstić information content (AvgIpc) is 3.30. The minimum Gasteiger partial charge on any atom is -0.310 e. The summed E-state index contributed by atoms with van der Waals surface area (Å²) in [5.41, 5.74) is 13.1. The van der Waals surface area contributed by atoms with Gasteiger partial charge in [0, 0.05) is 28.1 Å². The number of anilines is 3. The Bertz CT molecular complexity index is 2810. The van der Waals surface area contributed by atoms with Crippen LogP contribution in [0, 0.1) is 0 Å². The second-order valence-electron chi connectivity index (χ2n) is 15.3. The molecular formula is C53H40N4Si. The first kappa shape index (κ1) is 35.2. The van der Waals surface area contributed by atoms with Crippen molar-refractivity contribution in [2.24, 2.45) is 0 Å². The van der Waals surface area contributed by atoms with E-state index in [2.05, 4.69) is 188 Å². The van der Waals surface area contributed by atoms with Gasteiger partial charge in [-0.25, -0.2) is 15.0 Å². The molecule has 8 aromatic carbocycles. The Labute approximate surface area is 340 Å². The fourth-order valence-corrected chi connectivity index (χ4v) is 11.4. The summed E-state index contributed by atoms with van der Waals surface area (Å²) >= 11 is 0. The van der Waals surface area contributed by atoms with E-state index in [0.717, 1.165) is 50.2 Å². The monoisotopic (exact) mass is 760 g/mol. The topological polar surface area (TPSA) is 41.9 Å². The van der Waals surface area contributed by atoms with Crippen molar-refractivity contribution in [1.29, 1.82) is 0 Å². The minimum atomic E-state index is -2.04. The number of hydrogen-bond donors (Lipinski definition) is 0. The molecule has 10 rings (SSSR count). The Morgan fingerprint density at radius 2 is 0.741 bits per heavy atom. The van der Waals surface area contributed by atoms with Crippen LogP contribution in [0.2, 0.25) is 13.1 Å². The average molecular weight is 761 g/mol. The van der Waals surface area contributed by atoms with Crippen LogP contribution in [-0.4, -0.2) is 23.0 Å². The Morgan fingerprint density at radius 1 is 0.310 bits per heavy atom. The highest BCUT2D eigenvalue weighted by molar-refractivity contribution is 7.02. The molecule has 0 bridgehead atoms. The van der Waals surface area contributed by atoms with Gasteiger partial charge in [0.05, 0.1) is 5.69 Å². The van der Waals surface area contributed by atoms with Crippen molar-refractivity contribution in [1.82, 2.24) is 15.0 Å². The summed E-state index contributed by atoms with van der Waals surface area (Å²) in [5, 5.41) is 2.80. The van der Waals surface area contributed by atoms with E-state index in [1.807, 2.05) is 36.4 Å². The summed E-state index contributed by atoms with van der Waals surface area (Å²) in [6.45, 7) is 4.92. The largest absolute Gasteiger partial charge is 0.310 e. The zero-order valence-electron chi connectivity index (χ0n) is 32.4. The first-order chi connectivity index (χ1) is 28.5. The van der Waals surface area contributed by atoms with Gasteiger partial charge in [-0.05, 0) is 74.1 Å². The molecule has 1 aliphatic heterocycles. The summed E-state index contributed by atoms with van der Waals surface area (Å²) in [6, 6.07) is 73.2. The molecule has 1 aromatic heterocycles. The van der Waals surface area contributed by atoms with E-state index in [-0.39, 0.29) is 0 Å². The van der Waals surface area contributed by atoms with Gasteiger partial charge in [-0.15, -0.1) is 0 Å². The fraction of sp³-hybridized carbons (Fsp3) is 0.0377. The van der Waals surface area contributed by atoms with Crippen LogP contribution in [0.25, 0.3) is 67.5 Å². The molecule has 58 heavy (non-hydrogen) atoms. The van der Waals surface area contributed by atoms with Gasteiger partial charge in [0.15, 0.2) is 17.5 Å². The van der Waals surface area contributed by atoms with Crippen molar-refractivity contribution in [2.75, 3.05) is 4.90 Å². The van der Waals surface area contributed by atoms with Crippen LogP contribution in [-0.2, 0) is 0 Å². The molecular weight excluding hydrogens is 721 g/mol. The first-order valence-electron chi connectivity index (χ1n) is 19.8. The number of rotatable bonds is 7. The summed E-state index contributed by atoms with van der Waals surface area (Å²) in [7, 11) is -2.04. The molecule has 1 aliphatic rings. The molecule has 0 atom stereocenters. The summed E-state index contributed by atoms with van der Waals surface area (Å²) < 4.78 is 0. The molecule has 0 N–H and O–H groups in total. The predicted octanol–water partition coefficient (Wildman–Crippen LogP) is 12.5. The molecule has 0 amide bonds. The molecule has 0 radical (unpaired) electrons. The third-order valence-electron chi connectivity index (χ3n) is 11.3. The van der Waals surface area contributed by atoms with Gasteiger partial charge < -0.3 is 4.90 Å². The zero-order valence-corrected chi connectivity index (χ0v) is 33.4. The number of benzene rings is 8. The highest BCUT2D eigenvalue weighted by atomic mass is 28.3. The molecule has 0 fully saturated rings. The maximum absolute atomic E-state index is 5.34. The van der Waals surface area contributed by atoms with Gasteiger partial charge >= 0.3 is 0 Å². The van der Waals surface area contributed by atoms with Gasteiger partial charge in [-0.3, -0.25) is 0 Å². The van der Waals surface area contributed by atoms with E-state index in [1.165, 1.54) is 27.3 Å². The Balaban J connectivity index is 1.28. The number of para-hydroxylation sites is 2. The number of aromatic nitrogens is 3. The molecule has 0 saturated heterocycles. The molecule has 5 heteroatoms. The predicted molar refractivity (Wildman–Crippen MR) is 244 cm³/mol. The van der Waals surface area contributed by atoms with E-state index in [0.29, 0.717) is 17.5 Å². The molecule has 0 aliphatic carbocycles. The van der Waals surface area contributed by atoms with E-state index in [4.69, 9.17) is 15.0 Å². The van der Waals surface area contributed by atoms with Gasteiger partial charge in [0.1, 0.15) is 8.07 Å². The van der Waals surface area contributed by atoms with Crippen molar-refractivity contribution in [2.45, 2.75) is 13.1 Å². The number of fused-ring (bicyclic) bond motifs is 2. The Morgan fingerprint density at radius 3 is 1.29 bits per heavy atom. The van der Waals surface area contributed by atoms with Crippen LogP contribution in [0.5, 0.6) is 0 Å². The van der Waals surface area contributed by atoms with Gasteiger partial charge in [0.2, 0.25) is 0 Å². The van der Waals surface area contributed by atoms with Gasteiger partial charge in [0.25, 0.3) is 0 Å². The summed E-state index contributed by atoms with van der Waals surface area (Å²) in [6.07, 6.45) is 0. The van der Waals surface area contributed by atoms with Crippen LogP contribution < -0.4 is 15.3 Å². The van der Waals surface area contributed by atoms with Crippen LogP contribution >= 0.6 is 0 Å². The highest BCUT2D eigenvalue weighted by Crippen LogP contribution is 2.45. The smallest absolute Gasteiger partial charge is 0.166 e. The van der Waals surface area contributed by atoms with Gasteiger partial charge in [-0.1, -0.05) is 189 Å². The van der Waals surface area contributed by atoms with Gasteiger partial charge in [-0.2, -0.15) is 0 Å². The molecule has 0 spiro atoms. The van der Waals surface area contributed by atoms with Crippen molar-refractivity contribution in [3.8, 4) is 67.5 Å². The standard InChI is InChI=1S/C53H40N4Si/c1-58(2)49-29-17-15-27-47(49)57(48-28-16-18-30-50(48)58)46-34-32-42(44-35-41(37-19-7-3-8-20-37)31-33-43(44)38-21-9-4-10-22-38)36-45(46)53-55-51(39-23-11-5-12-24-39)54-52(56-53)40-25-13-6-14-26-40/h3-36H,1-2H3. The summed E-state index contributed by atoms with van der Waals surface area (Å²) in [5.74, 6) is 1.87. The van der Waals surface area contributed by atoms with E-state index in [9.17, 15) is 0 Å². The number of nitrogens with zero attached hydrogens (tertiary/aromatic N) is 4. The van der Waals surface area contributed by atoms with Crippen LogP contribution in [0.1, 0.15) is 0 Å². The molecule has 276 valence electrons. The second kappa shape index (κ2) is 14.7. The van der Waals surface area contributed by atoms with Crippen LogP contribution in [0.4, 0.5) is 17.1 Å². The quantitative estimate of drug-likeness (QED) is 0.152. The van der Waals surface area contributed by atoms with Crippen molar-refractivity contribution in [3.05, 3.63) is 206 Å². The first-order valence-corrected chi connectivity index (χ1v) is 22.8. The lowest BCUT2D eigenvalue weighted by Gasteiger charge is -2.41. The SMILES string of the molecule is C[Si]1(C)c2ccccc2N(c2ccc(-c3cc(-c4ccccc4)ccc3-c3ccccc3)cc2-c2nc(-c3ccccc3)nc(-c3ccccc3)n2)c2ccccc21. The van der Waals surface area contributed by atoms with Crippen molar-refractivity contribution < 1.29 is 0 Å². The van der Waals surface area contributed by atoms with E-state index >= 15 is 0 Å². The van der Waals surface area contributed by atoms with Crippen LogP contribution in [0.3, 0.4) is 0 Å². The van der Waals surface area contributed by atoms with Crippen molar-refractivity contribution >= 4 is 35.5 Å². The van der Waals surface area contributed by atoms with E-state index < -0.39 is 8.07 Å². The molecule has 2 heterocycles. The van der Waals surface area contributed by atoms with Crippen LogP contribution in [0.15, 0.2) is 206 Å². The number of hydrogen-bond acceptors (Lipinski definition) is 4. The summed E-state index contributed by atoms with van der Waals surface area (Å²) in [4.78, 5) is 18.2. The third kappa shape index (κ3) is 6.32. The maximum Gasteiger partial charge on any atom is 0.166 e. The van der Waals surface area contributed by atoms with Crippen molar-refractivity contribution in [3.63, 3.8) is 0 Å². The Kier molecular flexibility index (Phi) is 8.93. The fourth-order valence-electron chi connectivity index (χ4n) is 8.40. The second-order valence-corrected chi connectivity index (χ2v) is 19.6.